The summed E-state index contributed by atoms with van der Waals surface area (Å²) in [6.07, 6.45) is 7.30. The third-order valence-electron chi connectivity index (χ3n) is 7.61. The average molecular weight is 571 g/mol. The number of carboxylic acid groups (broad SMARTS) is 2. The molecule has 1 aromatic carbocycles. The highest BCUT2D eigenvalue weighted by Gasteiger charge is 2.31. The van der Waals surface area contributed by atoms with Gasteiger partial charge < -0.3 is 24.5 Å². The number of aromatic nitrogens is 1. The highest BCUT2D eigenvalue weighted by Crippen LogP contribution is 2.44. The smallest absolute Gasteiger partial charge is 0.503 e. The molecule has 2 saturated carbocycles. The number of hydrogen-bond donors (Lipinski definition) is 3. The van der Waals surface area contributed by atoms with E-state index in [1.54, 1.807) is 7.05 Å². The molecule has 11 heteroatoms. The van der Waals surface area contributed by atoms with E-state index in [1.165, 1.54) is 30.0 Å². The first-order valence-corrected chi connectivity index (χ1v) is 14.7. The van der Waals surface area contributed by atoms with Crippen LogP contribution >= 0.6 is 0 Å². The molecule has 216 valence electrons. The van der Waals surface area contributed by atoms with E-state index in [9.17, 15) is 13.6 Å². The van der Waals surface area contributed by atoms with Gasteiger partial charge in [-0.05, 0) is 56.1 Å². The summed E-state index contributed by atoms with van der Waals surface area (Å²) in [7, 11) is 1.61. The van der Waals surface area contributed by atoms with Crippen LogP contribution in [0.2, 0.25) is 0 Å². The van der Waals surface area contributed by atoms with E-state index in [0.717, 1.165) is 54.0 Å². The standard InChI is InChI=1S/C28H35N3O4S.CH2O3/c1-18-9-11-21(12-10-18)26-25(27(32)29-2)23-16-22(20-13-14-20)24(30-28(23)35-26)17-31(36(33)34)15-5-8-19-6-3-4-7-19;2-1(3)4/h9-12,16,19-20H,3-8,13-15,17H2,1-2H3,(H,29,32)(H,33,34);(H2,2,3,4)/p-1. The maximum absolute atomic E-state index is 12.9. The second-order valence-electron chi connectivity index (χ2n) is 10.6. The van der Waals surface area contributed by atoms with Gasteiger partial charge in [0.05, 0.1) is 23.2 Å². The fraction of sp³-hybridized carbons (Fsp3) is 0.483. The van der Waals surface area contributed by atoms with Crippen molar-refractivity contribution in [2.24, 2.45) is 5.92 Å². The van der Waals surface area contributed by atoms with Crippen LogP contribution in [0.5, 0.6) is 0 Å². The lowest BCUT2D eigenvalue weighted by atomic mass is 10.0. The molecule has 2 aromatic heterocycles. The van der Waals surface area contributed by atoms with E-state index < -0.39 is 17.4 Å². The van der Waals surface area contributed by atoms with Gasteiger partial charge in [0.1, 0.15) is 5.76 Å². The number of furan rings is 1. The maximum Gasteiger partial charge on any atom is 0.503 e. The molecule has 0 spiro atoms. The van der Waals surface area contributed by atoms with E-state index >= 15 is 0 Å². The molecule has 2 aliphatic rings. The number of rotatable bonds is 10. The minimum absolute atomic E-state index is 0.221. The van der Waals surface area contributed by atoms with Gasteiger partial charge in [0.2, 0.25) is 5.71 Å². The monoisotopic (exact) mass is 570 g/mol. The predicted octanol–water partition coefficient (Wildman–Crippen LogP) is 5.83. The lowest BCUT2D eigenvalue weighted by Crippen LogP contribution is -2.28. The molecule has 1 atom stereocenters. The Bertz CT molecular complexity index is 1360. The van der Waals surface area contributed by atoms with Crippen molar-refractivity contribution in [3.63, 3.8) is 0 Å². The van der Waals surface area contributed by atoms with Crippen LogP contribution in [0.3, 0.4) is 0 Å². The molecular formula is C29H36N3O7S-. The van der Waals surface area contributed by atoms with Gasteiger partial charge in [-0.15, -0.1) is 0 Å². The molecule has 1 amide bonds. The van der Waals surface area contributed by atoms with Gasteiger partial charge in [-0.3, -0.25) is 9.00 Å². The number of nitrogens with zero attached hydrogens (tertiary/aromatic N) is 2. The summed E-state index contributed by atoms with van der Waals surface area (Å²) in [6, 6.07) is 9.85. The predicted molar refractivity (Wildman–Crippen MR) is 151 cm³/mol. The third kappa shape index (κ3) is 7.47. The minimum Gasteiger partial charge on any atom is -0.760 e. The number of pyridine rings is 1. The number of nitrogens with one attached hydrogen (secondary N) is 1. The Morgan fingerprint density at radius 3 is 2.38 bits per heavy atom. The van der Waals surface area contributed by atoms with Crippen LogP contribution in [0.25, 0.3) is 22.4 Å². The fourth-order valence-corrected chi connectivity index (χ4v) is 5.94. The second-order valence-corrected chi connectivity index (χ2v) is 11.5. The molecule has 0 saturated heterocycles. The summed E-state index contributed by atoms with van der Waals surface area (Å²) >= 11 is -2.33. The molecule has 2 fully saturated rings. The zero-order chi connectivity index (χ0) is 28.8. The zero-order valence-electron chi connectivity index (χ0n) is 22.9. The summed E-state index contributed by atoms with van der Waals surface area (Å²) in [6.45, 7) is 2.72. The Labute approximate surface area is 236 Å². The van der Waals surface area contributed by atoms with Crippen LogP contribution in [0.15, 0.2) is 34.7 Å². The molecular weight excluding hydrogens is 534 g/mol. The zero-order valence-corrected chi connectivity index (χ0v) is 23.7. The molecule has 2 aliphatic carbocycles. The Morgan fingerprint density at radius 2 is 1.80 bits per heavy atom. The van der Waals surface area contributed by atoms with E-state index in [0.29, 0.717) is 34.9 Å². The van der Waals surface area contributed by atoms with Crippen molar-refractivity contribution >= 4 is 34.4 Å². The number of aryl methyl sites for hydroxylation is 1. The first-order valence-electron chi connectivity index (χ1n) is 13.7. The first kappa shape index (κ1) is 29.7. The van der Waals surface area contributed by atoms with Gasteiger partial charge >= 0.3 is 6.16 Å². The second kappa shape index (κ2) is 13.4. The Kier molecular flexibility index (Phi) is 9.94. The SMILES string of the molecule is CNC(=O)c1c(-c2ccc(C)cc2)oc2nc(CN(CCCC3CCCC3)S(=O)[O-])c(C3CC3)cc12.O=C(O)O. The van der Waals surface area contributed by atoms with E-state index in [1.807, 2.05) is 37.3 Å². The summed E-state index contributed by atoms with van der Waals surface area (Å²) in [5.74, 6) is 1.33. The maximum atomic E-state index is 12.9. The van der Waals surface area contributed by atoms with Crippen molar-refractivity contribution in [1.29, 1.82) is 0 Å². The molecule has 1 unspecified atom stereocenters. The van der Waals surface area contributed by atoms with Crippen LogP contribution in [-0.4, -0.2) is 53.9 Å². The largest absolute Gasteiger partial charge is 0.760 e. The van der Waals surface area contributed by atoms with Crippen LogP contribution in [0, 0.1) is 12.8 Å². The van der Waals surface area contributed by atoms with Gasteiger partial charge in [-0.25, -0.2) is 14.1 Å². The summed E-state index contributed by atoms with van der Waals surface area (Å²) in [5.41, 5.74) is 4.51. The van der Waals surface area contributed by atoms with E-state index in [4.69, 9.17) is 24.4 Å². The molecule has 40 heavy (non-hydrogen) atoms. The van der Waals surface area contributed by atoms with E-state index in [2.05, 4.69) is 5.32 Å². The summed E-state index contributed by atoms with van der Waals surface area (Å²) in [5, 5.41) is 17.4. The Hall–Kier alpha value is -3.28. The molecule has 0 bridgehead atoms. The van der Waals surface area contributed by atoms with Crippen LogP contribution < -0.4 is 5.32 Å². The van der Waals surface area contributed by atoms with Crippen molar-refractivity contribution in [1.82, 2.24) is 14.6 Å². The summed E-state index contributed by atoms with van der Waals surface area (Å²) in [4.78, 5) is 26.3. The van der Waals surface area contributed by atoms with Crippen LogP contribution in [-0.2, 0) is 17.8 Å². The minimum atomic E-state index is -2.33. The molecule has 2 heterocycles. The molecule has 0 aliphatic heterocycles. The van der Waals surface area contributed by atoms with Crippen molar-refractivity contribution in [3.8, 4) is 11.3 Å². The van der Waals surface area contributed by atoms with Crippen molar-refractivity contribution in [3.05, 3.63) is 52.7 Å². The van der Waals surface area contributed by atoms with Crippen molar-refractivity contribution in [2.45, 2.75) is 70.8 Å². The van der Waals surface area contributed by atoms with Crippen molar-refractivity contribution < 1.29 is 33.0 Å². The topological polar surface area (TPSA) is 156 Å². The Balaban J connectivity index is 0.000000867. The van der Waals surface area contributed by atoms with E-state index in [-0.39, 0.29) is 12.5 Å². The average Bonchev–Trinajstić information content (AvgIpc) is 3.49. The lowest BCUT2D eigenvalue weighted by molar-refractivity contribution is 0.0964. The number of hydrogen-bond acceptors (Lipinski definition) is 6. The molecule has 3 N–H and O–H groups in total. The Morgan fingerprint density at radius 1 is 1.15 bits per heavy atom. The lowest BCUT2D eigenvalue weighted by Gasteiger charge is -2.25. The number of carbonyl (C=O) groups excluding carboxylic acids is 1. The van der Waals surface area contributed by atoms with Gasteiger partial charge in [0, 0.05) is 30.4 Å². The fourth-order valence-electron chi connectivity index (χ4n) is 5.44. The van der Waals surface area contributed by atoms with Gasteiger partial charge in [-0.1, -0.05) is 55.5 Å². The quantitative estimate of drug-likeness (QED) is 0.257. The molecule has 3 aromatic rings. The number of carbonyl (C=O) groups is 2. The van der Waals surface area contributed by atoms with Crippen LogP contribution in [0.4, 0.5) is 4.79 Å². The van der Waals surface area contributed by atoms with Crippen molar-refractivity contribution in [2.75, 3.05) is 13.6 Å². The molecule has 10 nitrogen and oxygen atoms in total. The highest BCUT2D eigenvalue weighted by molar-refractivity contribution is 7.76. The number of amides is 1. The molecule has 5 rings (SSSR count). The normalized spacial score (nSPS) is 16.1. The first-order chi connectivity index (χ1) is 19.2. The molecule has 0 radical (unpaired) electrons. The van der Waals surface area contributed by atoms with Gasteiger partial charge in [-0.2, -0.15) is 0 Å². The number of fused-ring (bicyclic) bond motifs is 1. The van der Waals surface area contributed by atoms with Crippen LogP contribution in [0.1, 0.15) is 84.5 Å². The van der Waals surface area contributed by atoms with Gasteiger partial charge in [0.15, 0.2) is 0 Å². The number of benzene rings is 1. The highest BCUT2D eigenvalue weighted by atomic mass is 32.2. The summed E-state index contributed by atoms with van der Waals surface area (Å²) < 4.78 is 31.9. The third-order valence-corrected chi connectivity index (χ3v) is 8.35. The van der Waals surface area contributed by atoms with Gasteiger partial charge in [0.25, 0.3) is 5.91 Å².